The fraction of sp³-hybridized carbons (Fsp3) is 0.642. The van der Waals surface area contributed by atoms with Crippen LogP contribution in [0.1, 0.15) is 101 Å². The number of cyclic esters (lactones) is 1. The molecule has 6 aliphatic rings. The maximum atomic E-state index is 17.0. The third kappa shape index (κ3) is 9.74. The van der Waals surface area contributed by atoms with Crippen LogP contribution in [-0.4, -0.2) is 145 Å². The number of hydrazine groups is 1. The van der Waals surface area contributed by atoms with Crippen molar-refractivity contribution >= 4 is 45.7 Å². The quantitative estimate of drug-likeness (QED) is 0.161. The Balaban J connectivity index is 1.06. The Kier molecular flexibility index (Phi) is 14.1. The van der Waals surface area contributed by atoms with Crippen molar-refractivity contribution in [3.63, 3.8) is 0 Å². The molecule has 5 fully saturated rings. The average molecular weight is 981 g/mol. The van der Waals surface area contributed by atoms with E-state index in [0.717, 1.165) is 130 Å². The van der Waals surface area contributed by atoms with Crippen LogP contribution in [0.5, 0.6) is 0 Å². The van der Waals surface area contributed by atoms with Gasteiger partial charge in [-0.2, -0.15) is 0 Å². The number of hydrogen-bond donors (Lipinski definition) is 3. The summed E-state index contributed by atoms with van der Waals surface area (Å²) in [6, 6.07) is 3.72. The third-order valence-corrected chi connectivity index (χ3v) is 17.3. The summed E-state index contributed by atoms with van der Waals surface area (Å²) in [4.78, 5) is 61.1. The number of fused-ring (bicyclic) bond motifs is 6. The van der Waals surface area contributed by atoms with Gasteiger partial charge in [-0.25, -0.2) is 14.8 Å². The molecule has 1 aliphatic carbocycles. The molecule has 10 rings (SSSR count). The van der Waals surface area contributed by atoms with Gasteiger partial charge in [-0.15, -0.1) is 11.3 Å². The Labute approximate surface area is 416 Å². The fourth-order valence-corrected chi connectivity index (χ4v) is 13.2. The van der Waals surface area contributed by atoms with Crippen LogP contribution in [0.15, 0.2) is 29.8 Å². The van der Waals surface area contributed by atoms with E-state index in [4.69, 9.17) is 19.4 Å². The van der Waals surface area contributed by atoms with Gasteiger partial charge in [-0.3, -0.25) is 29.3 Å². The number of ether oxygens (including phenoxy) is 2. The molecular formula is C53H73FN10O5S. The fourth-order valence-electron chi connectivity index (χ4n) is 12.4. The van der Waals surface area contributed by atoms with Crippen LogP contribution in [-0.2, 0) is 43.2 Å². The van der Waals surface area contributed by atoms with Crippen molar-refractivity contribution < 1.29 is 28.2 Å². The molecule has 70 heavy (non-hydrogen) atoms. The lowest BCUT2D eigenvalue weighted by molar-refractivity contribution is -0.155. The van der Waals surface area contributed by atoms with E-state index in [-0.39, 0.29) is 48.3 Å². The molecule has 5 atom stereocenters. The first kappa shape index (κ1) is 49.1. The number of benzene rings is 1. The lowest BCUT2D eigenvalue weighted by atomic mass is 9.86. The van der Waals surface area contributed by atoms with Crippen molar-refractivity contribution in [1.29, 1.82) is 0 Å². The van der Waals surface area contributed by atoms with E-state index in [1.54, 1.807) is 13.2 Å². The molecule has 15 nitrogen and oxygen atoms in total. The zero-order valence-electron chi connectivity index (χ0n) is 42.1. The SMILES string of the molecule is CCc1c(-c2cc(N3CCN(C)CC3)cnc2[C@H](C)OC)n2c3cc(c(F)cc13)-c1csc(n1)C[C@H](NC(=O)[C@H](C1CCCC1)N1CC[C@]3(CCNC3)C1)C(=O)N1CCC[C@H](N1)C(=O)OCC(C)(C)C2. The number of pyridine rings is 1. The lowest BCUT2D eigenvalue weighted by Gasteiger charge is -2.37. The maximum absolute atomic E-state index is 17.0. The predicted molar refractivity (Wildman–Crippen MR) is 271 cm³/mol. The number of anilines is 1. The molecule has 4 saturated heterocycles. The number of nitrogens with zero attached hydrogens (tertiary/aromatic N) is 7. The second-order valence-corrected chi connectivity index (χ2v) is 23.0. The van der Waals surface area contributed by atoms with Crippen molar-refractivity contribution in [3.05, 3.63) is 51.9 Å². The summed E-state index contributed by atoms with van der Waals surface area (Å²) in [5.41, 5.74) is 9.11. The molecule has 1 spiro atoms. The zero-order chi connectivity index (χ0) is 48.9. The number of halogens is 1. The number of methoxy groups -OCH3 is 1. The number of rotatable bonds is 9. The number of aromatic nitrogens is 3. The van der Waals surface area contributed by atoms with Crippen molar-refractivity contribution in [2.75, 3.05) is 84.6 Å². The molecule has 378 valence electrons. The van der Waals surface area contributed by atoms with E-state index in [1.165, 1.54) is 16.3 Å². The Morgan fingerprint density at radius 1 is 1.03 bits per heavy atom. The van der Waals surface area contributed by atoms with Gasteiger partial charge in [0.1, 0.15) is 17.9 Å². The Hall–Kier alpha value is -4.52. The number of piperazine rings is 1. The summed E-state index contributed by atoms with van der Waals surface area (Å²) in [6.07, 6.45) is 9.74. The van der Waals surface area contributed by atoms with Gasteiger partial charge in [0.15, 0.2) is 0 Å². The Morgan fingerprint density at radius 3 is 2.57 bits per heavy atom. The van der Waals surface area contributed by atoms with Crippen LogP contribution in [0, 0.1) is 22.6 Å². The summed E-state index contributed by atoms with van der Waals surface area (Å²) in [5, 5.41) is 11.6. The number of thiazole rings is 1. The molecule has 17 heteroatoms. The first-order valence-corrected chi connectivity index (χ1v) is 26.9. The molecule has 1 aromatic carbocycles. The highest BCUT2D eigenvalue weighted by molar-refractivity contribution is 7.10. The number of likely N-dealkylation sites (N-methyl/N-ethyl adjacent to an activating group) is 1. The van der Waals surface area contributed by atoms with E-state index in [0.29, 0.717) is 48.6 Å². The normalized spacial score (nSPS) is 26.0. The van der Waals surface area contributed by atoms with Crippen LogP contribution in [0.4, 0.5) is 10.1 Å². The molecular weight excluding hydrogens is 908 g/mol. The van der Waals surface area contributed by atoms with Crippen molar-refractivity contribution in [1.82, 2.24) is 45.4 Å². The standard InChI is InChI=1S/C53H73FN10O5S/c1-7-36-37-24-40(54)38-25-44(37)63(48(36)39-23-35(27-56-46(39)33(2)68-6)61-21-19-60(5)20-22-61)30-52(3,4)32-69-51(67)41-13-10-17-64(59-41)50(66)42(26-45-57-43(38)28-70-45)58-49(65)47(34-11-8-9-12-34)62-18-15-53(31-62)14-16-55-29-53/h23-25,27-28,33-34,41-42,47,55,59H,7-22,26,29-32H2,1-6H3,(H,58,65)/t33-,41-,42-,47-,53-/m0/s1. The van der Waals surface area contributed by atoms with Gasteiger partial charge in [0.25, 0.3) is 5.91 Å². The minimum absolute atomic E-state index is 0.0953. The Bertz CT molecular complexity index is 2580. The number of carbonyl (C=O) groups excluding carboxylic acids is 3. The molecule has 3 aromatic heterocycles. The van der Waals surface area contributed by atoms with Gasteiger partial charge in [0.05, 0.1) is 52.7 Å². The van der Waals surface area contributed by atoms with E-state index >= 15 is 4.39 Å². The molecule has 0 unspecified atom stereocenters. The molecule has 1 saturated carbocycles. The van der Waals surface area contributed by atoms with Crippen LogP contribution in [0.3, 0.4) is 0 Å². The highest BCUT2D eigenvalue weighted by Crippen LogP contribution is 2.44. The van der Waals surface area contributed by atoms with Gasteiger partial charge < -0.3 is 34.5 Å². The number of nitrogens with one attached hydrogen (secondary N) is 3. The number of carbonyl (C=O) groups is 3. The summed E-state index contributed by atoms with van der Waals surface area (Å²) in [5.74, 6) is -1.08. The van der Waals surface area contributed by atoms with E-state index in [2.05, 4.69) is 69.2 Å². The largest absolute Gasteiger partial charge is 0.464 e. The molecule has 5 aliphatic heterocycles. The minimum Gasteiger partial charge on any atom is -0.464 e. The minimum atomic E-state index is -0.974. The number of aryl methyl sites for hydroxylation is 1. The molecule has 4 aromatic rings. The average Bonchev–Trinajstić information content (AvgIpc) is 4.24. The van der Waals surface area contributed by atoms with Crippen molar-refractivity contribution in [3.8, 4) is 22.5 Å². The summed E-state index contributed by atoms with van der Waals surface area (Å²) in [6.45, 7) is 16.5. The van der Waals surface area contributed by atoms with Crippen molar-refractivity contribution in [2.24, 2.45) is 16.7 Å². The first-order chi connectivity index (χ1) is 33.7. The molecule has 2 amide bonds. The van der Waals surface area contributed by atoms with E-state index in [9.17, 15) is 14.4 Å². The van der Waals surface area contributed by atoms with Gasteiger partial charge in [0, 0.05) is 98.7 Å². The Morgan fingerprint density at radius 2 is 1.83 bits per heavy atom. The molecule has 6 bridgehead atoms. The van der Waals surface area contributed by atoms with Gasteiger partial charge in [0.2, 0.25) is 5.91 Å². The number of esters is 1. The van der Waals surface area contributed by atoms with Crippen molar-refractivity contribution in [2.45, 2.75) is 123 Å². The molecule has 3 N–H and O–H groups in total. The second-order valence-electron chi connectivity index (χ2n) is 22.0. The third-order valence-electron chi connectivity index (χ3n) is 16.4. The first-order valence-electron chi connectivity index (χ1n) is 26.0. The lowest BCUT2D eigenvalue weighted by Crippen LogP contribution is -2.62. The molecule has 0 radical (unpaired) electrons. The maximum Gasteiger partial charge on any atom is 0.324 e. The van der Waals surface area contributed by atoms with E-state index in [1.807, 2.05) is 24.6 Å². The topological polar surface area (TPSA) is 149 Å². The van der Waals surface area contributed by atoms with Gasteiger partial charge in [-0.05, 0) is 107 Å². The number of hydrogen-bond acceptors (Lipinski definition) is 13. The molecule has 8 heterocycles. The highest BCUT2D eigenvalue weighted by atomic mass is 32.1. The summed E-state index contributed by atoms with van der Waals surface area (Å²) in [7, 11) is 3.84. The number of likely N-dealkylation sites (tertiary alicyclic amines) is 1. The van der Waals surface area contributed by atoms with Crippen LogP contribution in [0.25, 0.3) is 33.4 Å². The van der Waals surface area contributed by atoms with Crippen LogP contribution in [0.2, 0.25) is 0 Å². The summed E-state index contributed by atoms with van der Waals surface area (Å²) >= 11 is 1.36. The van der Waals surface area contributed by atoms with Crippen LogP contribution >= 0.6 is 11.3 Å². The zero-order valence-corrected chi connectivity index (χ0v) is 42.9. The highest BCUT2D eigenvalue weighted by Gasteiger charge is 2.47. The van der Waals surface area contributed by atoms with Gasteiger partial charge >= 0.3 is 5.97 Å². The van der Waals surface area contributed by atoms with Crippen LogP contribution < -0.4 is 21.0 Å². The van der Waals surface area contributed by atoms with E-state index < -0.39 is 29.3 Å². The predicted octanol–water partition coefficient (Wildman–Crippen LogP) is 6.34. The second kappa shape index (κ2) is 20.2. The number of amides is 2. The van der Waals surface area contributed by atoms with Gasteiger partial charge in [-0.1, -0.05) is 33.6 Å². The smallest absolute Gasteiger partial charge is 0.324 e. The summed E-state index contributed by atoms with van der Waals surface area (Å²) < 4.78 is 31.5. The monoisotopic (exact) mass is 981 g/mol.